The second kappa shape index (κ2) is 7.18. The number of amides is 2. The van der Waals surface area contributed by atoms with Gasteiger partial charge in [-0.25, -0.2) is 0 Å². The molecule has 0 unspecified atom stereocenters. The fourth-order valence-corrected chi connectivity index (χ4v) is 3.65. The lowest BCUT2D eigenvalue weighted by molar-refractivity contribution is -0.118. The summed E-state index contributed by atoms with van der Waals surface area (Å²) >= 11 is 1.37. The Morgan fingerprint density at radius 1 is 1.12 bits per heavy atom. The first kappa shape index (κ1) is 16.7. The van der Waals surface area contributed by atoms with Gasteiger partial charge in [0, 0.05) is 5.69 Å². The topological polar surface area (TPSA) is 58.2 Å². The van der Waals surface area contributed by atoms with E-state index in [0.717, 1.165) is 18.5 Å². The fourth-order valence-electron chi connectivity index (χ4n) is 3.02. The summed E-state index contributed by atoms with van der Waals surface area (Å²) in [7, 11) is 0. The van der Waals surface area contributed by atoms with Gasteiger partial charge >= 0.3 is 0 Å². The van der Waals surface area contributed by atoms with Gasteiger partial charge in [0.2, 0.25) is 5.91 Å². The molecular weight excluding hydrogens is 320 g/mol. The Kier molecular flexibility index (Phi) is 5.00. The fraction of sp³-hybridized carbons (Fsp3) is 0.368. The Bertz CT molecular complexity index is 738. The molecule has 4 nitrogen and oxygen atoms in total. The summed E-state index contributed by atoms with van der Waals surface area (Å²) in [6.45, 7) is 3.86. The van der Waals surface area contributed by atoms with Crippen molar-refractivity contribution in [1.82, 2.24) is 5.32 Å². The van der Waals surface area contributed by atoms with E-state index in [4.69, 9.17) is 0 Å². The van der Waals surface area contributed by atoms with Gasteiger partial charge < -0.3 is 10.6 Å². The van der Waals surface area contributed by atoms with E-state index in [2.05, 4.69) is 22.8 Å². The maximum Gasteiger partial charge on any atom is 0.262 e. The summed E-state index contributed by atoms with van der Waals surface area (Å²) < 4.78 is 0. The largest absolute Gasteiger partial charge is 0.339 e. The van der Waals surface area contributed by atoms with Crippen LogP contribution in [-0.4, -0.2) is 17.9 Å². The molecular formula is C19H22N2O2S. The Balaban J connectivity index is 1.69. The molecule has 0 radical (unpaired) electrons. The molecule has 126 valence electrons. The van der Waals surface area contributed by atoms with Gasteiger partial charge in [-0.1, -0.05) is 26.0 Å². The second-order valence-electron chi connectivity index (χ2n) is 6.50. The highest BCUT2D eigenvalue weighted by Gasteiger charge is 2.25. The van der Waals surface area contributed by atoms with Gasteiger partial charge in [-0.2, -0.15) is 0 Å². The molecule has 1 aromatic heterocycles. The maximum atomic E-state index is 12.6. The van der Waals surface area contributed by atoms with Gasteiger partial charge in [0.1, 0.15) is 6.04 Å². The Labute approximate surface area is 146 Å². The average molecular weight is 342 g/mol. The lowest BCUT2D eigenvalue weighted by Gasteiger charge is -2.21. The number of carbonyl (C=O) groups is 2. The van der Waals surface area contributed by atoms with Crippen LogP contribution in [0, 0.1) is 5.92 Å². The molecule has 0 bridgehead atoms. The summed E-state index contributed by atoms with van der Waals surface area (Å²) in [6, 6.07) is 9.11. The number of aryl methyl sites for hydroxylation is 2. The van der Waals surface area contributed by atoms with Crippen LogP contribution in [0.1, 0.15) is 41.1 Å². The third-order valence-corrected chi connectivity index (χ3v) is 5.22. The van der Waals surface area contributed by atoms with Crippen molar-refractivity contribution in [2.75, 3.05) is 5.32 Å². The van der Waals surface area contributed by atoms with Gasteiger partial charge in [-0.3, -0.25) is 9.59 Å². The lowest BCUT2D eigenvalue weighted by atomic mass is 10.0. The van der Waals surface area contributed by atoms with E-state index < -0.39 is 6.04 Å². The first-order valence-corrected chi connectivity index (χ1v) is 9.19. The molecule has 0 fully saturated rings. The number of carbonyl (C=O) groups excluding carboxylic acids is 2. The average Bonchev–Trinajstić information content (AvgIpc) is 3.22. The van der Waals surface area contributed by atoms with Crippen LogP contribution in [0.15, 0.2) is 35.7 Å². The molecule has 2 N–H and O–H groups in total. The molecule has 24 heavy (non-hydrogen) atoms. The Morgan fingerprint density at radius 2 is 1.92 bits per heavy atom. The second-order valence-corrected chi connectivity index (χ2v) is 7.45. The van der Waals surface area contributed by atoms with Crippen molar-refractivity contribution >= 4 is 28.8 Å². The number of benzene rings is 1. The quantitative estimate of drug-likeness (QED) is 0.872. The van der Waals surface area contributed by atoms with Crippen LogP contribution in [0.25, 0.3) is 0 Å². The summed E-state index contributed by atoms with van der Waals surface area (Å²) in [5.74, 6) is -0.371. The van der Waals surface area contributed by atoms with Gasteiger partial charge in [0.15, 0.2) is 0 Å². The van der Waals surface area contributed by atoms with Gasteiger partial charge in [0.25, 0.3) is 5.91 Å². The number of thiophene rings is 1. The van der Waals surface area contributed by atoms with Crippen LogP contribution in [-0.2, 0) is 17.6 Å². The van der Waals surface area contributed by atoms with Crippen molar-refractivity contribution in [3.63, 3.8) is 0 Å². The molecule has 2 aromatic rings. The highest BCUT2D eigenvalue weighted by Crippen LogP contribution is 2.25. The highest BCUT2D eigenvalue weighted by atomic mass is 32.1. The van der Waals surface area contributed by atoms with E-state index in [9.17, 15) is 9.59 Å². The smallest absolute Gasteiger partial charge is 0.262 e. The molecule has 1 aliphatic rings. The van der Waals surface area contributed by atoms with Crippen molar-refractivity contribution < 1.29 is 9.59 Å². The zero-order valence-corrected chi connectivity index (χ0v) is 14.8. The minimum Gasteiger partial charge on any atom is -0.339 e. The SMILES string of the molecule is CC(C)[C@H](NC(=O)c1cccs1)C(=O)Nc1ccc2c(c1)CCC2. The lowest BCUT2D eigenvalue weighted by Crippen LogP contribution is -2.46. The number of nitrogens with one attached hydrogen (secondary N) is 2. The zero-order valence-electron chi connectivity index (χ0n) is 14.0. The minimum absolute atomic E-state index is 0.00309. The third kappa shape index (κ3) is 3.67. The summed E-state index contributed by atoms with van der Waals surface area (Å²) in [5.41, 5.74) is 3.49. The normalized spacial score (nSPS) is 14.3. The van der Waals surface area contributed by atoms with Crippen molar-refractivity contribution in [3.8, 4) is 0 Å². The molecule has 1 aromatic carbocycles. The third-order valence-electron chi connectivity index (χ3n) is 4.35. The monoisotopic (exact) mass is 342 g/mol. The van der Waals surface area contributed by atoms with Gasteiger partial charge in [0.05, 0.1) is 4.88 Å². The predicted octanol–water partition coefficient (Wildman–Crippen LogP) is 3.63. The predicted molar refractivity (Wildman–Crippen MR) is 97.5 cm³/mol. The number of hydrogen-bond donors (Lipinski definition) is 2. The van der Waals surface area contributed by atoms with E-state index in [1.54, 1.807) is 6.07 Å². The maximum absolute atomic E-state index is 12.6. The standard InChI is InChI=1S/C19H22N2O2S/c1-12(2)17(21-18(22)16-7-4-10-24-16)19(23)20-15-9-8-13-5-3-6-14(13)11-15/h4,7-12,17H,3,5-6H2,1-2H3,(H,20,23)(H,21,22)/t17-/m0/s1. The first-order chi connectivity index (χ1) is 11.5. The number of fused-ring (bicyclic) bond motifs is 1. The molecule has 0 spiro atoms. The summed E-state index contributed by atoms with van der Waals surface area (Å²) in [5, 5.41) is 7.66. The van der Waals surface area contributed by atoms with Crippen molar-refractivity contribution in [1.29, 1.82) is 0 Å². The Hall–Kier alpha value is -2.14. The van der Waals surface area contributed by atoms with Crippen molar-refractivity contribution in [2.45, 2.75) is 39.2 Å². The van der Waals surface area contributed by atoms with E-state index in [1.807, 2.05) is 31.4 Å². The molecule has 0 aliphatic heterocycles. The summed E-state index contributed by atoms with van der Waals surface area (Å²) in [4.78, 5) is 25.5. The Morgan fingerprint density at radius 3 is 2.62 bits per heavy atom. The first-order valence-electron chi connectivity index (χ1n) is 8.31. The molecule has 0 saturated carbocycles. The van der Waals surface area contributed by atoms with Crippen molar-refractivity contribution in [3.05, 3.63) is 51.7 Å². The molecule has 5 heteroatoms. The molecule has 0 saturated heterocycles. The highest BCUT2D eigenvalue weighted by molar-refractivity contribution is 7.12. The van der Waals surface area contributed by atoms with Crippen LogP contribution in [0.3, 0.4) is 0 Å². The van der Waals surface area contributed by atoms with Gasteiger partial charge in [-0.15, -0.1) is 11.3 Å². The molecule has 2 amide bonds. The number of hydrogen-bond acceptors (Lipinski definition) is 3. The van der Waals surface area contributed by atoms with Gasteiger partial charge in [-0.05, 0) is 59.9 Å². The number of rotatable bonds is 5. The van der Waals surface area contributed by atoms with E-state index in [-0.39, 0.29) is 17.7 Å². The molecule has 1 atom stereocenters. The summed E-state index contributed by atoms with van der Waals surface area (Å²) in [6.07, 6.45) is 3.37. The molecule has 3 rings (SSSR count). The van der Waals surface area contributed by atoms with E-state index in [1.165, 1.54) is 28.9 Å². The zero-order chi connectivity index (χ0) is 17.1. The van der Waals surface area contributed by atoms with Crippen molar-refractivity contribution in [2.24, 2.45) is 5.92 Å². The van der Waals surface area contributed by atoms with E-state index in [0.29, 0.717) is 4.88 Å². The van der Waals surface area contributed by atoms with Crippen LogP contribution in [0.2, 0.25) is 0 Å². The minimum atomic E-state index is -0.562. The van der Waals surface area contributed by atoms with Crippen LogP contribution >= 0.6 is 11.3 Å². The molecule has 1 heterocycles. The van der Waals surface area contributed by atoms with E-state index >= 15 is 0 Å². The van der Waals surface area contributed by atoms with Crippen LogP contribution in [0.5, 0.6) is 0 Å². The molecule has 1 aliphatic carbocycles. The van der Waals surface area contributed by atoms with Crippen LogP contribution in [0.4, 0.5) is 5.69 Å². The van der Waals surface area contributed by atoms with Crippen LogP contribution < -0.4 is 10.6 Å². The number of anilines is 1.